The van der Waals surface area contributed by atoms with Crippen LogP contribution in [0.15, 0.2) is 18.2 Å². The maximum atomic E-state index is 6.08. The molecule has 2 aliphatic rings. The lowest BCUT2D eigenvalue weighted by Gasteiger charge is -2.41. The highest BCUT2D eigenvalue weighted by molar-refractivity contribution is 6.30. The molecule has 0 radical (unpaired) electrons. The van der Waals surface area contributed by atoms with E-state index in [-0.39, 0.29) is 0 Å². The lowest BCUT2D eigenvalue weighted by Crippen LogP contribution is -2.41. The zero-order valence-corrected chi connectivity index (χ0v) is 12.2. The highest BCUT2D eigenvalue weighted by Crippen LogP contribution is 2.36. The summed E-state index contributed by atoms with van der Waals surface area (Å²) in [4.78, 5) is 2.58. The van der Waals surface area contributed by atoms with Crippen molar-refractivity contribution >= 4 is 17.3 Å². The minimum Gasteiger partial charge on any atom is -0.399 e. The van der Waals surface area contributed by atoms with Gasteiger partial charge in [-0.25, -0.2) is 0 Å². The standard InChI is InChI=1S/C16H23ClN2/c17-15-7-12(8-16(18)9-15)10-19-6-5-13-3-1-2-4-14(13)11-19/h7-9,13-14H,1-6,10-11,18H2. The third-order valence-corrected chi connectivity index (χ3v) is 4.98. The molecule has 1 saturated carbocycles. The third-order valence-electron chi connectivity index (χ3n) is 4.76. The highest BCUT2D eigenvalue weighted by atomic mass is 35.5. The quantitative estimate of drug-likeness (QED) is 0.831. The smallest absolute Gasteiger partial charge is 0.0429 e. The lowest BCUT2D eigenvalue weighted by atomic mass is 9.75. The van der Waals surface area contributed by atoms with Gasteiger partial charge in [-0.3, -0.25) is 4.90 Å². The second-order valence-corrected chi connectivity index (χ2v) is 6.66. The first kappa shape index (κ1) is 13.3. The van der Waals surface area contributed by atoms with Crippen molar-refractivity contribution < 1.29 is 0 Å². The van der Waals surface area contributed by atoms with Crippen molar-refractivity contribution in [3.05, 3.63) is 28.8 Å². The number of nitrogen functional groups attached to an aromatic ring is 1. The van der Waals surface area contributed by atoms with Gasteiger partial charge >= 0.3 is 0 Å². The van der Waals surface area contributed by atoms with Gasteiger partial charge in [0.1, 0.15) is 0 Å². The van der Waals surface area contributed by atoms with Crippen LogP contribution in [0.25, 0.3) is 0 Å². The van der Waals surface area contributed by atoms with Crippen LogP contribution in [0.2, 0.25) is 5.02 Å². The zero-order valence-electron chi connectivity index (χ0n) is 11.4. The summed E-state index contributed by atoms with van der Waals surface area (Å²) >= 11 is 6.08. The minimum atomic E-state index is 0.752. The Morgan fingerprint density at radius 2 is 1.89 bits per heavy atom. The Morgan fingerprint density at radius 3 is 2.68 bits per heavy atom. The fraction of sp³-hybridized carbons (Fsp3) is 0.625. The average molecular weight is 279 g/mol. The fourth-order valence-electron chi connectivity index (χ4n) is 3.84. The Kier molecular flexibility index (Phi) is 3.99. The van der Waals surface area contributed by atoms with Crippen LogP contribution in [0, 0.1) is 11.8 Å². The predicted molar refractivity (Wildman–Crippen MR) is 81.2 cm³/mol. The molecule has 104 valence electrons. The zero-order chi connectivity index (χ0) is 13.2. The topological polar surface area (TPSA) is 29.3 Å². The van der Waals surface area contributed by atoms with Gasteiger partial charge in [0, 0.05) is 23.8 Å². The van der Waals surface area contributed by atoms with E-state index in [0.29, 0.717) is 0 Å². The van der Waals surface area contributed by atoms with Crippen molar-refractivity contribution in [1.29, 1.82) is 0 Å². The molecule has 0 aromatic heterocycles. The number of hydrogen-bond acceptors (Lipinski definition) is 2. The average Bonchev–Trinajstić information content (AvgIpc) is 2.37. The first-order valence-electron chi connectivity index (χ1n) is 7.48. The number of hydrogen-bond donors (Lipinski definition) is 1. The summed E-state index contributed by atoms with van der Waals surface area (Å²) in [6, 6.07) is 5.92. The van der Waals surface area contributed by atoms with Crippen LogP contribution in [0.4, 0.5) is 5.69 Å². The molecule has 1 aliphatic carbocycles. The minimum absolute atomic E-state index is 0.752. The molecule has 0 amide bonds. The Bertz CT molecular complexity index is 426. The third kappa shape index (κ3) is 3.24. The number of nitrogens with two attached hydrogens (primary N) is 1. The first-order valence-corrected chi connectivity index (χ1v) is 7.86. The summed E-state index contributed by atoms with van der Waals surface area (Å²) in [7, 11) is 0. The van der Waals surface area contributed by atoms with E-state index in [4.69, 9.17) is 17.3 Å². The van der Waals surface area contributed by atoms with Gasteiger partial charge in [0.2, 0.25) is 0 Å². The van der Waals surface area contributed by atoms with Crippen LogP contribution < -0.4 is 5.73 Å². The van der Waals surface area contributed by atoms with Crippen molar-refractivity contribution in [1.82, 2.24) is 4.90 Å². The molecule has 1 heterocycles. The van der Waals surface area contributed by atoms with Crippen LogP contribution in [-0.2, 0) is 6.54 Å². The lowest BCUT2D eigenvalue weighted by molar-refractivity contribution is 0.0821. The number of benzene rings is 1. The molecule has 2 atom stereocenters. The molecule has 2 fully saturated rings. The maximum Gasteiger partial charge on any atom is 0.0429 e. The number of rotatable bonds is 2. The van der Waals surface area contributed by atoms with Crippen molar-refractivity contribution in [2.24, 2.45) is 11.8 Å². The number of anilines is 1. The fourth-order valence-corrected chi connectivity index (χ4v) is 4.11. The maximum absolute atomic E-state index is 6.08. The van der Waals surface area contributed by atoms with Crippen LogP contribution in [0.3, 0.4) is 0 Å². The molecule has 2 nitrogen and oxygen atoms in total. The molecule has 1 saturated heterocycles. The van der Waals surface area contributed by atoms with E-state index in [0.717, 1.165) is 29.1 Å². The largest absolute Gasteiger partial charge is 0.399 e. The molecule has 3 heteroatoms. The molecule has 0 spiro atoms. The monoisotopic (exact) mass is 278 g/mol. The van der Waals surface area contributed by atoms with Crippen LogP contribution in [-0.4, -0.2) is 18.0 Å². The molecule has 2 unspecified atom stereocenters. The number of halogens is 1. The summed E-state index contributed by atoms with van der Waals surface area (Å²) in [5, 5.41) is 0.752. The van der Waals surface area contributed by atoms with Gasteiger partial charge in [-0.2, -0.15) is 0 Å². The summed E-state index contributed by atoms with van der Waals surface area (Å²) in [6.45, 7) is 3.48. The predicted octanol–water partition coefficient (Wildman–Crippen LogP) is 3.93. The molecule has 1 aliphatic heterocycles. The number of likely N-dealkylation sites (tertiary alicyclic amines) is 1. The highest BCUT2D eigenvalue weighted by Gasteiger charge is 2.30. The van der Waals surface area contributed by atoms with Crippen LogP contribution >= 0.6 is 11.6 Å². The van der Waals surface area contributed by atoms with Crippen LogP contribution in [0.1, 0.15) is 37.7 Å². The Labute approximate surface area is 120 Å². The van der Waals surface area contributed by atoms with E-state index in [2.05, 4.69) is 11.0 Å². The van der Waals surface area contributed by atoms with Crippen LogP contribution in [0.5, 0.6) is 0 Å². The molecule has 2 N–H and O–H groups in total. The van der Waals surface area contributed by atoms with E-state index in [9.17, 15) is 0 Å². The van der Waals surface area contributed by atoms with E-state index < -0.39 is 0 Å². The molecule has 1 aromatic rings. The van der Waals surface area contributed by atoms with Gasteiger partial charge in [0.15, 0.2) is 0 Å². The van der Waals surface area contributed by atoms with E-state index >= 15 is 0 Å². The Balaban J connectivity index is 1.64. The normalized spacial score (nSPS) is 28.1. The van der Waals surface area contributed by atoms with Crippen molar-refractivity contribution in [3.8, 4) is 0 Å². The van der Waals surface area contributed by atoms with E-state index in [1.165, 1.54) is 50.8 Å². The molecule has 0 bridgehead atoms. The molecule has 19 heavy (non-hydrogen) atoms. The van der Waals surface area contributed by atoms with Gasteiger partial charge in [-0.05, 0) is 55.0 Å². The van der Waals surface area contributed by atoms with Gasteiger partial charge in [0.25, 0.3) is 0 Å². The van der Waals surface area contributed by atoms with Gasteiger partial charge in [0.05, 0.1) is 0 Å². The number of nitrogens with zero attached hydrogens (tertiary/aromatic N) is 1. The summed E-state index contributed by atoms with van der Waals surface area (Å²) < 4.78 is 0. The first-order chi connectivity index (χ1) is 9.20. The molecular formula is C16H23ClN2. The van der Waals surface area contributed by atoms with Gasteiger partial charge in [-0.15, -0.1) is 0 Å². The van der Waals surface area contributed by atoms with E-state index in [1.54, 1.807) is 0 Å². The Morgan fingerprint density at radius 1 is 1.11 bits per heavy atom. The van der Waals surface area contributed by atoms with Crippen molar-refractivity contribution in [3.63, 3.8) is 0 Å². The summed E-state index contributed by atoms with van der Waals surface area (Å²) in [5.74, 6) is 1.92. The second-order valence-electron chi connectivity index (χ2n) is 6.22. The summed E-state index contributed by atoms with van der Waals surface area (Å²) in [5.41, 5.74) is 7.89. The number of fused-ring (bicyclic) bond motifs is 1. The number of piperidine rings is 1. The molecule has 1 aromatic carbocycles. The Hall–Kier alpha value is -0.730. The SMILES string of the molecule is Nc1cc(Cl)cc(CN2CCC3CCCCC3C2)c1. The van der Waals surface area contributed by atoms with Crippen molar-refractivity contribution in [2.75, 3.05) is 18.8 Å². The second kappa shape index (κ2) is 5.72. The van der Waals surface area contributed by atoms with E-state index in [1.807, 2.05) is 12.1 Å². The van der Waals surface area contributed by atoms with Gasteiger partial charge < -0.3 is 5.73 Å². The molecular weight excluding hydrogens is 256 g/mol. The molecule has 3 rings (SSSR count). The van der Waals surface area contributed by atoms with Crippen molar-refractivity contribution in [2.45, 2.75) is 38.6 Å². The summed E-state index contributed by atoms with van der Waals surface area (Å²) in [6.07, 6.45) is 7.15. The van der Waals surface area contributed by atoms with Gasteiger partial charge in [-0.1, -0.05) is 30.9 Å².